The first-order valence-corrected chi connectivity index (χ1v) is 16.5. The zero-order valence-electron chi connectivity index (χ0n) is 24.6. The molecule has 0 aliphatic rings. The van der Waals surface area contributed by atoms with Gasteiger partial charge in [-0.2, -0.15) is 0 Å². The zero-order valence-corrected chi connectivity index (χ0v) is 26.4. The van der Waals surface area contributed by atoms with Gasteiger partial charge in [-0.3, -0.25) is 0 Å². The zero-order chi connectivity index (χ0) is 30.9. The van der Waals surface area contributed by atoms with Crippen LogP contribution in [0.1, 0.15) is 5.56 Å². The number of hydrogen-bond donors (Lipinski definition) is 4. The molecule has 4 N–H and O–H groups in total. The average molecular weight is 607 g/mol. The molecule has 0 bridgehead atoms. The van der Waals surface area contributed by atoms with Crippen LogP contribution in [0.5, 0.6) is 0 Å². The number of nitrogens with one attached hydrogen (secondary N) is 4. The summed E-state index contributed by atoms with van der Waals surface area (Å²) in [4.78, 5) is 55.8. The Hall–Kier alpha value is -3.36. The average Bonchev–Trinajstić information content (AvgIpc) is 2.90. The Balaban J connectivity index is 4.17. The molecule has 0 saturated heterocycles. The minimum atomic E-state index is -4.70. The first-order valence-electron chi connectivity index (χ1n) is 12.2. The van der Waals surface area contributed by atoms with Crippen molar-refractivity contribution in [2.45, 2.75) is 11.8 Å². The summed E-state index contributed by atoms with van der Waals surface area (Å²) in [5.74, 6) is 0. The molecule has 0 radical (unpaired) electrons. The van der Waals surface area contributed by atoms with Gasteiger partial charge in [0.1, 0.15) is 0 Å². The molecule has 0 spiro atoms. The SMILES string of the molecule is CNC(=O)N(C)CP(CN(C)C(=O)NC)(CN(C)C(=O)NC)(CN(C)C(=O)NC)OS(=O)(=O)c1ccc(C)cc1. The number of carbonyl (C=O) groups excluding carboxylic acids is 4. The Morgan fingerprint density at radius 1 is 0.650 bits per heavy atom. The van der Waals surface area contributed by atoms with Gasteiger partial charge >= 0.3 is 237 Å². The van der Waals surface area contributed by atoms with Gasteiger partial charge in [0.25, 0.3) is 0 Å². The van der Waals surface area contributed by atoms with E-state index in [9.17, 15) is 27.6 Å². The predicted molar refractivity (Wildman–Crippen MR) is 155 cm³/mol. The van der Waals surface area contributed by atoms with E-state index < -0.39 is 41.1 Å². The fourth-order valence-electron chi connectivity index (χ4n) is 4.55. The first-order chi connectivity index (χ1) is 18.5. The van der Waals surface area contributed by atoms with E-state index in [0.29, 0.717) is 0 Å². The Morgan fingerprint density at radius 2 is 0.925 bits per heavy atom. The van der Waals surface area contributed by atoms with Gasteiger partial charge in [-0.1, -0.05) is 0 Å². The van der Waals surface area contributed by atoms with Crippen molar-refractivity contribution in [3.05, 3.63) is 29.8 Å². The van der Waals surface area contributed by atoms with Gasteiger partial charge in [-0.25, -0.2) is 0 Å². The number of nitrogens with zero attached hydrogens (tertiary/aromatic N) is 4. The van der Waals surface area contributed by atoms with Crippen LogP contribution in [0.4, 0.5) is 19.2 Å². The third-order valence-electron chi connectivity index (χ3n) is 6.14. The summed E-state index contributed by atoms with van der Waals surface area (Å²) in [5, 5.41) is 9.97. The number of rotatable bonds is 11. The van der Waals surface area contributed by atoms with Crippen molar-refractivity contribution in [3.8, 4) is 0 Å². The van der Waals surface area contributed by atoms with Gasteiger partial charge in [0.15, 0.2) is 0 Å². The van der Waals surface area contributed by atoms with Crippen molar-refractivity contribution < 1.29 is 31.6 Å². The first kappa shape index (κ1) is 34.7. The van der Waals surface area contributed by atoms with Gasteiger partial charge < -0.3 is 0 Å². The van der Waals surface area contributed by atoms with E-state index in [1.54, 1.807) is 19.1 Å². The number of hydrogen-bond acceptors (Lipinski definition) is 7. The molecule has 1 aromatic rings. The molecule has 1 aromatic carbocycles. The maximum absolute atomic E-state index is 14.0. The van der Waals surface area contributed by atoms with Crippen LogP contribution in [0.15, 0.2) is 29.2 Å². The predicted octanol–water partition coefficient (Wildman–Crippen LogP) is 1.08. The van der Waals surface area contributed by atoms with Gasteiger partial charge in [0.05, 0.1) is 0 Å². The molecule has 0 aromatic heterocycles. The standard InChI is InChI=1S/C23H43N8O7PS/c1-18-10-12-19(13-11-18)40(36,37)38-39(14-28(6)20(32)24-2,15-29(7)21(33)25-3,16-30(8)22(34)26-4)17-31(9)23(35)27-5/h10-13H,14-17H2,1-9H3,(H,24,32)(H,25,33)(H,26,34)(H,27,35). The van der Waals surface area contributed by atoms with Crippen LogP contribution in [0.3, 0.4) is 0 Å². The second-order valence-electron chi connectivity index (χ2n) is 9.78. The van der Waals surface area contributed by atoms with Crippen molar-refractivity contribution in [2.75, 3.05) is 81.5 Å². The molecule has 0 aliphatic heterocycles. The number of aryl methyl sites for hydroxylation is 1. The Labute approximate surface area is 236 Å². The summed E-state index contributed by atoms with van der Waals surface area (Å²) in [5.41, 5.74) is 0.814. The normalized spacial score (nSPS) is 12.3. The molecular weight excluding hydrogens is 563 g/mol. The van der Waals surface area contributed by atoms with E-state index in [4.69, 9.17) is 3.97 Å². The third kappa shape index (κ3) is 8.57. The van der Waals surface area contributed by atoms with Gasteiger partial charge in [0, 0.05) is 0 Å². The molecule has 40 heavy (non-hydrogen) atoms. The summed E-state index contributed by atoms with van der Waals surface area (Å²) >= 11 is 0. The molecule has 0 fully saturated rings. The molecule has 0 unspecified atom stereocenters. The van der Waals surface area contributed by atoms with Crippen molar-refractivity contribution in [1.82, 2.24) is 40.9 Å². The van der Waals surface area contributed by atoms with Crippen LogP contribution in [0.25, 0.3) is 0 Å². The number of urea groups is 4. The quantitative estimate of drug-likeness (QED) is 0.273. The summed E-state index contributed by atoms with van der Waals surface area (Å²) < 4.78 is 34.3. The molecule has 0 saturated carbocycles. The summed E-state index contributed by atoms with van der Waals surface area (Å²) in [6.45, 7) is -2.90. The molecule has 15 nitrogen and oxygen atoms in total. The van der Waals surface area contributed by atoms with E-state index >= 15 is 0 Å². The van der Waals surface area contributed by atoms with Crippen LogP contribution in [0, 0.1) is 6.92 Å². The molecule has 0 aliphatic carbocycles. The van der Waals surface area contributed by atoms with Crippen molar-refractivity contribution in [1.29, 1.82) is 0 Å². The monoisotopic (exact) mass is 606 g/mol. The van der Waals surface area contributed by atoms with Gasteiger partial charge in [-0.05, 0) is 0 Å². The van der Waals surface area contributed by atoms with Crippen molar-refractivity contribution >= 4 is 41.1 Å². The van der Waals surface area contributed by atoms with Crippen LogP contribution in [-0.2, 0) is 14.1 Å². The van der Waals surface area contributed by atoms with Crippen LogP contribution < -0.4 is 21.3 Å². The number of carbonyl (C=O) groups is 4. The molecule has 8 amide bonds. The molecular formula is C23H43N8O7PS. The number of benzene rings is 1. The number of amides is 8. The molecule has 0 heterocycles. The summed E-state index contributed by atoms with van der Waals surface area (Å²) in [7, 11) is 6.77. The van der Waals surface area contributed by atoms with Crippen LogP contribution in [0.2, 0.25) is 0 Å². The second-order valence-corrected chi connectivity index (χ2v) is 16.6. The van der Waals surface area contributed by atoms with E-state index in [1.165, 1.54) is 88.1 Å². The minimum absolute atomic E-state index is 0.164. The van der Waals surface area contributed by atoms with Gasteiger partial charge in [0.2, 0.25) is 0 Å². The Morgan fingerprint density at radius 3 is 1.18 bits per heavy atom. The fraction of sp³-hybridized carbons (Fsp3) is 0.565. The van der Waals surface area contributed by atoms with Crippen molar-refractivity contribution in [3.63, 3.8) is 0 Å². The fourth-order valence-corrected chi connectivity index (χ4v) is 13.7. The topological polar surface area (TPSA) is 173 Å². The maximum atomic E-state index is 14.0. The Bertz CT molecular complexity index is 1070. The molecule has 228 valence electrons. The van der Waals surface area contributed by atoms with E-state index in [1.807, 2.05) is 0 Å². The molecule has 0 atom stereocenters. The summed E-state index contributed by atoms with van der Waals surface area (Å²) in [6.07, 6.45) is -1.39. The van der Waals surface area contributed by atoms with Crippen LogP contribution in [-0.4, -0.2) is 134 Å². The van der Waals surface area contributed by atoms with E-state index in [2.05, 4.69) is 21.3 Å². The van der Waals surface area contributed by atoms with Crippen LogP contribution >= 0.6 is 6.83 Å². The third-order valence-corrected chi connectivity index (χ3v) is 14.0. The summed E-state index contributed by atoms with van der Waals surface area (Å²) in [6, 6.07) is 3.68. The van der Waals surface area contributed by atoms with E-state index in [-0.39, 0.29) is 30.0 Å². The second kappa shape index (κ2) is 13.8. The molecule has 1 rings (SSSR count). The van der Waals surface area contributed by atoms with Crippen molar-refractivity contribution in [2.24, 2.45) is 0 Å². The van der Waals surface area contributed by atoms with E-state index in [0.717, 1.165) is 5.56 Å². The molecule has 17 heteroatoms. The Kier molecular flexibility index (Phi) is 12.0. The van der Waals surface area contributed by atoms with Gasteiger partial charge in [-0.15, -0.1) is 0 Å².